The van der Waals surface area contributed by atoms with Crippen LogP contribution >= 0.6 is 11.6 Å². The van der Waals surface area contributed by atoms with E-state index < -0.39 is 5.60 Å². The number of hydrogen-bond donors (Lipinski definition) is 0. The fraction of sp³-hybridized carbons (Fsp3) is 0.500. The minimum absolute atomic E-state index is 0.120. The number of pyridine rings is 2. The average molecular weight is 364 g/mol. The molecule has 0 spiro atoms. The number of amides is 1. The van der Waals surface area contributed by atoms with Crippen LogP contribution in [0.4, 0.5) is 4.79 Å². The predicted molar refractivity (Wildman–Crippen MR) is 96.0 cm³/mol. The lowest BCUT2D eigenvalue weighted by atomic mass is 10.1. The molecule has 1 atom stereocenters. The van der Waals surface area contributed by atoms with Crippen LogP contribution in [-0.2, 0) is 4.74 Å². The van der Waals surface area contributed by atoms with Gasteiger partial charge in [0.1, 0.15) is 16.9 Å². The van der Waals surface area contributed by atoms with Crippen molar-refractivity contribution >= 4 is 28.7 Å². The van der Waals surface area contributed by atoms with Gasteiger partial charge in [-0.25, -0.2) is 9.78 Å². The maximum absolute atomic E-state index is 12.2. The Morgan fingerprint density at radius 1 is 1.24 bits per heavy atom. The second-order valence-corrected chi connectivity index (χ2v) is 7.53. The van der Waals surface area contributed by atoms with Gasteiger partial charge in [-0.3, -0.25) is 0 Å². The maximum Gasteiger partial charge on any atom is 0.410 e. The largest absolute Gasteiger partial charge is 0.472 e. The van der Waals surface area contributed by atoms with Crippen molar-refractivity contribution in [3.8, 4) is 5.88 Å². The van der Waals surface area contributed by atoms with E-state index in [1.807, 2.05) is 39.0 Å². The highest BCUT2D eigenvalue weighted by atomic mass is 35.5. The summed E-state index contributed by atoms with van der Waals surface area (Å²) in [4.78, 5) is 22.5. The molecule has 1 unspecified atom stereocenters. The van der Waals surface area contributed by atoms with Crippen molar-refractivity contribution < 1.29 is 14.3 Å². The van der Waals surface area contributed by atoms with E-state index >= 15 is 0 Å². The van der Waals surface area contributed by atoms with Crippen LogP contribution in [0.5, 0.6) is 5.88 Å². The molecule has 2 aromatic rings. The standard InChI is InChI=1S/C18H22ClN3O3/c1-18(2,3)25-17(23)22-10-4-5-13(11-22)24-15-9-7-12-6-8-14(19)20-16(12)21-15/h6-9,13H,4-5,10-11H2,1-3H3. The highest BCUT2D eigenvalue weighted by molar-refractivity contribution is 6.29. The molecule has 25 heavy (non-hydrogen) atoms. The number of aromatic nitrogens is 2. The lowest BCUT2D eigenvalue weighted by Crippen LogP contribution is -2.46. The maximum atomic E-state index is 12.2. The Morgan fingerprint density at radius 2 is 2.00 bits per heavy atom. The van der Waals surface area contributed by atoms with Gasteiger partial charge in [-0.05, 0) is 51.8 Å². The quantitative estimate of drug-likeness (QED) is 0.753. The first-order valence-corrected chi connectivity index (χ1v) is 8.76. The van der Waals surface area contributed by atoms with Crippen molar-refractivity contribution in [1.82, 2.24) is 14.9 Å². The van der Waals surface area contributed by atoms with E-state index in [2.05, 4.69) is 9.97 Å². The van der Waals surface area contributed by atoms with E-state index in [-0.39, 0.29) is 12.2 Å². The molecule has 0 aromatic carbocycles. The number of carbonyl (C=O) groups is 1. The molecule has 134 valence electrons. The molecule has 6 nitrogen and oxygen atoms in total. The molecular weight excluding hydrogens is 342 g/mol. The molecule has 1 aliphatic rings. The molecule has 3 heterocycles. The summed E-state index contributed by atoms with van der Waals surface area (Å²) in [5, 5.41) is 1.29. The van der Waals surface area contributed by atoms with Crippen LogP contribution in [0.2, 0.25) is 5.15 Å². The molecule has 0 saturated carbocycles. The van der Waals surface area contributed by atoms with Gasteiger partial charge in [0.05, 0.1) is 6.54 Å². The van der Waals surface area contributed by atoms with Gasteiger partial charge in [-0.2, -0.15) is 4.98 Å². The molecule has 1 saturated heterocycles. The Morgan fingerprint density at radius 3 is 2.76 bits per heavy atom. The number of nitrogens with zero attached hydrogens (tertiary/aromatic N) is 3. The van der Waals surface area contributed by atoms with Crippen LogP contribution < -0.4 is 4.74 Å². The van der Waals surface area contributed by atoms with Gasteiger partial charge in [0.2, 0.25) is 5.88 Å². The summed E-state index contributed by atoms with van der Waals surface area (Å²) in [5.41, 5.74) is 0.0419. The number of halogens is 1. The molecule has 2 aromatic heterocycles. The number of piperidine rings is 1. The van der Waals surface area contributed by atoms with Crippen LogP contribution in [-0.4, -0.2) is 45.8 Å². The number of rotatable bonds is 2. The molecule has 0 bridgehead atoms. The predicted octanol–water partition coefficient (Wildman–Crippen LogP) is 4.06. The van der Waals surface area contributed by atoms with Gasteiger partial charge in [-0.1, -0.05) is 11.6 Å². The van der Waals surface area contributed by atoms with Crippen LogP contribution in [0.15, 0.2) is 24.3 Å². The molecule has 1 aliphatic heterocycles. The Labute approximate surface area is 152 Å². The lowest BCUT2D eigenvalue weighted by molar-refractivity contribution is 0.00725. The van der Waals surface area contributed by atoms with Gasteiger partial charge in [0, 0.05) is 18.0 Å². The van der Waals surface area contributed by atoms with E-state index in [4.69, 9.17) is 21.1 Å². The van der Waals surface area contributed by atoms with Crippen molar-refractivity contribution in [1.29, 1.82) is 0 Å². The van der Waals surface area contributed by atoms with Crippen LogP contribution in [0, 0.1) is 0 Å². The first-order valence-electron chi connectivity index (χ1n) is 8.38. The van der Waals surface area contributed by atoms with Gasteiger partial charge in [0.15, 0.2) is 5.65 Å². The van der Waals surface area contributed by atoms with E-state index in [1.54, 1.807) is 11.0 Å². The smallest absolute Gasteiger partial charge is 0.410 e. The highest BCUT2D eigenvalue weighted by Gasteiger charge is 2.28. The Kier molecular flexibility index (Phi) is 4.99. The number of likely N-dealkylation sites (tertiary alicyclic amines) is 1. The summed E-state index contributed by atoms with van der Waals surface area (Å²) in [6, 6.07) is 7.30. The van der Waals surface area contributed by atoms with Crippen molar-refractivity contribution in [2.45, 2.75) is 45.3 Å². The van der Waals surface area contributed by atoms with Gasteiger partial charge < -0.3 is 14.4 Å². The molecule has 0 N–H and O–H groups in total. The number of ether oxygens (including phenoxy) is 2. The highest BCUT2D eigenvalue weighted by Crippen LogP contribution is 2.22. The van der Waals surface area contributed by atoms with Gasteiger partial charge in [-0.15, -0.1) is 0 Å². The molecule has 0 aliphatic carbocycles. The third-order valence-corrected chi connectivity index (χ3v) is 4.02. The number of fused-ring (bicyclic) bond motifs is 1. The normalized spacial score (nSPS) is 18.2. The molecule has 0 radical (unpaired) electrons. The van der Waals surface area contributed by atoms with Gasteiger partial charge in [0.25, 0.3) is 0 Å². The summed E-state index contributed by atoms with van der Waals surface area (Å²) >= 11 is 5.92. The summed E-state index contributed by atoms with van der Waals surface area (Å²) in [7, 11) is 0. The van der Waals surface area contributed by atoms with Crippen molar-refractivity contribution in [3.63, 3.8) is 0 Å². The minimum Gasteiger partial charge on any atom is -0.472 e. The summed E-state index contributed by atoms with van der Waals surface area (Å²) in [6.45, 7) is 6.74. The van der Waals surface area contributed by atoms with E-state index in [9.17, 15) is 4.79 Å². The van der Waals surface area contributed by atoms with Crippen LogP contribution in [0.1, 0.15) is 33.6 Å². The minimum atomic E-state index is -0.504. The lowest BCUT2D eigenvalue weighted by Gasteiger charge is -2.33. The fourth-order valence-corrected chi connectivity index (χ4v) is 2.86. The van der Waals surface area contributed by atoms with Gasteiger partial charge >= 0.3 is 6.09 Å². The number of carbonyl (C=O) groups excluding carboxylic acids is 1. The fourth-order valence-electron chi connectivity index (χ4n) is 2.72. The third-order valence-electron chi connectivity index (χ3n) is 3.81. The molecule has 7 heteroatoms. The Bertz CT molecular complexity index is 776. The van der Waals surface area contributed by atoms with Crippen LogP contribution in [0.25, 0.3) is 11.0 Å². The second-order valence-electron chi connectivity index (χ2n) is 7.14. The second kappa shape index (κ2) is 7.04. The summed E-state index contributed by atoms with van der Waals surface area (Å²) in [6.07, 6.45) is 1.30. The SMILES string of the molecule is CC(C)(C)OC(=O)N1CCCC(Oc2ccc3ccc(Cl)nc3n2)C1. The number of hydrogen-bond acceptors (Lipinski definition) is 5. The summed E-state index contributed by atoms with van der Waals surface area (Å²) in [5.74, 6) is 0.485. The zero-order chi connectivity index (χ0) is 18.0. The molecule has 3 rings (SSSR count). The van der Waals surface area contributed by atoms with E-state index in [0.717, 1.165) is 18.2 Å². The van der Waals surface area contributed by atoms with E-state index in [1.165, 1.54) is 0 Å². The van der Waals surface area contributed by atoms with Crippen molar-refractivity contribution in [2.24, 2.45) is 0 Å². The molecule has 1 fully saturated rings. The zero-order valence-corrected chi connectivity index (χ0v) is 15.4. The third kappa shape index (κ3) is 4.72. The van der Waals surface area contributed by atoms with Crippen LogP contribution in [0.3, 0.4) is 0 Å². The first kappa shape index (κ1) is 17.7. The molecular formula is C18H22ClN3O3. The Hall–Kier alpha value is -2.08. The van der Waals surface area contributed by atoms with Crippen molar-refractivity contribution in [3.05, 3.63) is 29.4 Å². The molecule has 1 amide bonds. The monoisotopic (exact) mass is 363 g/mol. The van der Waals surface area contributed by atoms with E-state index in [0.29, 0.717) is 29.8 Å². The van der Waals surface area contributed by atoms with Crippen molar-refractivity contribution in [2.75, 3.05) is 13.1 Å². The summed E-state index contributed by atoms with van der Waals surface area (Å²) < 4.78 is 11.4. The average Bonchev–Trinajstić information content (AvgIpc) is 2.53. The Balaban J connectivity index is 1.67. The zero-order valence-electron chi connectivity index (χ0n) is 14.7. The topological polar surface area (TPSA) is 64.5 Å². The first-order chi connectivity index (χ1) is 11.8.